The fourth-order valence-electron chi connectivity index (χ4n) is 4.29. The molecule has 4 heterocycles. The second kappa shape index (κ2) is 8.58. The van der Waals surface area contributed by atoms with E-state index < -0.39 is 5.54 Å². The quantitative estimate of drug-likeness (QED) is 0.618. The molecule has 0 radical (unpaired) electrons. The Hall–Kier alpha value is -3.70. The molecule has 1 aromatic carbocycles. The molecule has 0 aliphatic carbocycles. The van der Waals surface area contributed by atoms with E-state index in [-0.39, 0.29) is 19.1 Å². The maximum atomic E-state index is 13.3. The highest BCUT2D eigenvalue weighted by Crippen LogP contribution is 2.39. The first kappa shape index (κ1) is 22.1. The molecule has 178 valence electrons. The van der Waals surface area contributed by atoms with Crippen LogP contribution in [0.15, 0.2) is 36.9 Å². The highest BCUT2D eigenvalue weighted by Gasteiger charge is 2.51. The van der Waals surface area contributed by atoms with Crippen LogP contribution >= 0.6 is 0 Å². The van der Waals surface area contributed by atoms with Crippen LogP contribution in [0.25, 0.3) is 5.69 Å². The second-order valence-electron chi connectivity index (χ2n) is 8.40. The van der Waals surface area contributed by atoms with Gasteiger partial charge in [0, 0.05) is 32.0 Å². The highest BCUT2D eigenvalue weighted by atomic mass is 16.5. The van der Waals surface area contributed by atoms with Crippen molar-refractivity contribution < 1.29 is 19.0 Å². The third-order valence-electron chi connectivity index (χ3n) is 6.25. The molecule has 1 spiro atoms. The van der Waals surface area contributed by atoms with Crippen molar-refractivity contribution in [3.8, 4) is 11.4 Å². The minimum Gasteiger partial charge on any atom is -0.494 e. The molecule has 1 N–H and O–H groups in total. The van der Waals surface area contributed by atoms with Gasteiger partial charge in [-0.25, -0.2) is 9.97 Å². The van der Waals surface area contributed by atoms with Gasteiger partial charge in [0.1, 0.15) is 11.4 Å². The first-order chi connectivity index (χ1) is 16.4. The number of nitrogens with zero attached hydrogens (tertiary/aromatic N) is 6. The maximum absolute atomic E-state index is 13.3. The van der Waals surface area contributed by atoms with Crippen LogP contribution in [-0.4, -0.2) is 78.6 Å². The number of aryl methyl sites for hydroxylation is 1. The molecule has 11 nitrogen and oxygen atoms in total. The molecule has 1 amide bonds. The third kappa shape index (κ3) is 3.62. The lowest BCUT2D eigenvalue weighted by molar-refractivity contribution is -0.127. The molecule has 1 fully saturated rings. The van der Waals surface area contributed by atoms with E-state index in [2.05, 4.69) is 15.3 Å². The van der Waals surface area contributed by atoms with E-state index in [1.165, 1.54) is 0 Å². The van der Waals surface area contributed by atoms with E-state index in [1.54, 1.807) is 31.6 Å². The summed E-state index contributed by atoms with van der Waals surface area (Å²) in [6.45, 7) is 3.29. The summed E-state index contributed by atoms with van der Waals surface area (Å²) in [7, 11) is 5.18. The van der Waals surface area contributed by atoms with Gasteiger partial charge in [-0.1, -0.05) is 0 Å². The number of carbonyl (C=O) groups excluding carboxylic acids is 1. The average Bonchev–Trinajstić information content (AvgIpc) is 3.12. The summed E-state index contributed by atoms with van der Waals surface area (Å²) >= 11 is 0. The number of amides is 1. The molecule has 11 heteroatoms. The van der Waals surface area contributed by atoms with Crippen LogP contribution in [0.1, 0.15) is 5.69 Å². The van der Waals surface area contributed by atoms with Gasteiger partial charge in [0.25, 0.3) is 5.91 Å². The molecule has 0 atom stereocenters. The lowest BCUT2D eigenvalue weighted by Gasteiger charge is -2.46. The van der Waals surface area contributed by atoms with Crippen molar-refractivity contribution >= 4 is 29.0 Å². The number of likely N-dealkylation sites (N-methyl/N-ethyl adjacent to an activating group) is 2. The fraction of sp³-hybridized carbons (Fsp3) is 0.391. The summed E-state index contributed by atoms with van der Waals surface area (Å²) in [4.78, 5) is 30.1. The van der Waals surface area contributed by atoms with E-state index in [4.69, 9.17) is 19.2 Å². The van der Waals surface area contributed by atoms with Crippen molar-refractivity contribution in [3.05, 3.63) is 42.6 Å². The summed E-state index contributed by atoms with van der Waals surface area (Å²) in [5.74, 6) is 1.58. The molecule has 2 aliphatic rings. The normalized spacial score (nSPS) is 17.5. The fourth-order valence-corrected chi connectivity index (χ4v) is 4.29. The number of anilines is 4. The largest absolute Gasteiger partial charge is 0.494 e. The molecule has 34 heavy (non-hydrogen) atoms. The molecule has 2 aromatic heterocycles. The number of hydrogen-bond acceptors (Lipinski definition) is 9. The SMILES string of the molecule is COc1cc(Nc2ncc3c(n2)N(C)C2(COCCOC2)C(=O)N3C)ccc1-n1cnc(C)c1. The van der Waals surface area contributed by atoms with Crippen molar-refractivity contribution in [1.82, 2.24) is 19.5 Å². The summed E-state index contributed by atoms with van der Waals surface area (Å²) in [5.41, 5.74) is 2.20. The minimum atomic E-state index is -0.975. The molecule has 2 aliphatic heterocycles. The van der Waals surface area contributed by atoms with E-state index in [0.717, 1.165) is 17.1 Å². The molecular weight excluding hydrogens is 438 g/mol. The maximum Gasteiger partial charge on any atom is 0.257 e. The first-order valence-corrected chi connectivity index (χ1v) is 10.9. The number of rotatable bonds is 4. The van der Waals surface area contributed by atoms with Gasteiger partial charge >= 0.3 is 0 Å². The van der Waals surface area contributed by atoms with Crippen LogP contribution in [-0.2, 0) is 14.3 Å². The molecule has 0 unspecified atom stereocenters. The van der Waals surface area contributed by atoms with E-state index in [9.17, 15) is 4.79 Å². The Morgan fingerprint density at radius 3 is 2.56 bits per heavy atom. The molecule has 1 saturated heterocycles. The van der Waals surface area contributed by atoms with Gasteiger partial charge in [-0.05, 0) is 19.1 Å². The van der Waals surface area contributed by atoms with E-state index >= 15 is 0 Å². The predicted octanol–water partition coefficient (Wildman–Crippen LogP) is 1.92. The summed E-state index contributed by atoms with van der Waals surface area (Å²) in [5, 5.41) is 3.24. The van der Waals surface area contributed by atoms with Gasteiger partial charge in [0.15, 0.2) is 11.4 Å². The Bertz CT molecular complexity index is 1220. The molecule has 3 aromatic rings. The number of fused-ring (bicyclic) bond motifs is 1. The number of aromatic nitrogens is 4. The Balaban J connectivity index is 1.46. The van der Waals surface area contributed by atoms with Crippen molar-refractivity contribution in [1.29, 1.82) is 0 Å². The average molecular weight is 466 g/mol. The number of imidazole rings is 1. The summed E-state index contributed by atoms with van der Waals surface area (Å²) in [6, 6.07) is 5.74. The van der Waals surface area contributed by atoms with Crippen LogP contribution in [0.3, 0.4) is 0 Å². The molecular formula is C23H27N7O4. The van der Waals surface area contributed by atoms with Crippen molar-refractivity contribution in [2.45, 2.75) is 12.5 Å². The van der Waals surface area contributed by atoms with Gasteiger partial charge in [-0.15, -0.1) is 0 Å². The van der Waals surface area contributed by atoms with Crippen LogP contribution in [0.2, 0.25) is 0 Å². The predicted molar refractivity (Wildman–Crippen MR) is 126 cm³/mol. The number of carbonyl (C=O) groups is 1. The van der Waals surface area contributed by atoms with Gasteiger partial charge in [-0.2, -0.15) is 4.98 Å². The van der Waals surface area contributed by atoms with Gasteiger partial charge in [0.05, 0.1) is 57.4 Å². The van der Waals surface area contributed by atoms with Crippen LogP contribution in [0.5, 0.6) is 5.75 Å². The number of hydrogen-bond donors (Lipinski definition) is 1. The monoisotopic (exact) mass is 465 g/mol. The zero-order valence-electron chi connectivity index (χ0n) is 19.6. The number of benzene rings is 1. The van der Waals surface area contributed by atoms with E-state index in [1.807, 2.05) is 47.8 Å². The zero-order valence-corrected chi connectivity index (χ0v) is 19.6. The summed E-state index contributed by atoms with van der Waals surface area (Å²) in [6.07, 6.45) is 5.32. The van der Waals surface area contributed by atoms with Crippen LogP contribution in [0, 0.1) is 6.92 Å². The van der Waals surface area contributed by atoms with Crippen LogP contribution < -0.4 is 19.9 Å². The van der Waals surface area contributed by atoms with Crippen molar-refractivity contribution in [3.63, 3.8) is 0 Å². The Morgan fingerprint density at radius 1 is 1.12 bits per heavy atom. The topological polar surface area (TPSA) is 107 Å². The van der Waals surface area contributed by atoms with E-state index in [0.29, 0.717) is 36.4 Å². The Morgan fingerprint density at radius 2 is 1.88 bits per heavy atom. The minimum absolute atomic E-state index is 0.108. The molecule has 0 saturated carbocycles. The van der Waals surface area contributed by atoms with Gasteiger partial charge in [0.2, 0.25) is 5.95 Å². The van der Waals surface area contributed by atoms with Crippen LogP contribution in [0.4, 0.5) is 23.1 Å². The Kier molecular flexibility index (Phi) is 5.58. The number of nitrogens with one attached hydrogen (secondary N) is 1. The lowest BCUT2D eigenvalue weighted by Crippen LogP contribution is -2.66. The standard InChI is InChI=1S/C23H27N7O4/c1-15-11-30(14-25-15)17-6-5-16(9-19(17)32-4)26-22-24-10-18-20(27-22)29(3)23(21(31)28(18)2)12-33-7-8-34-13-23/h5-6,9-11,14H,7-8,12-13H2,1-4H3,(H,24,26,27). The number of ether oxygens (including phenoxy) is 3. The number of methoxy groups -OCH3 is 1. The highest BCUT2D eigenvalue weighted by molar-refractivity contribution is 6.07. The third-order valence-corrected chi connectivity index (χ3v) is 6.25. The zero-order chi connectivity index (χ0) is 23.9. The summed E-state index contributed by atoms with van der Waals surface area (Å²) < 4.78 is 18.9. The van der Waals surface area contributed by atoms with Crippen molar-refractivity contribution in [2.24, 2.45) is 0 Å². The van der Waals surface area contributed by atoms with Crippen molar-refractivity contribution in [2.75, 3.05) is 62.7 Å². The molecule has 5 rings (SSSR count). The second-order valence-corrected chi connectivity index (χ2v) is 8.40. The van der Waals surface area contributed by atoms with Gasteiger partial charge < -0.3 is 33.9 Å². The molecule has 0 bridgehead atoms. The first-order valence-electron chi connectivity index (χ1n) is 10.9. The Labute approximate surface area is 197 Å². The van der Waals surface area contributed by atoms with Gasteiger partial charge in [-0.3, -0.25) is 4.79 Å². The lowest BCUT2D eigenvalue weighted by atomic mass is 9.94. The smallest absolute Gasteiger partial charge is 0.257 e.